The molecule has 24 heavy (non-hydrogen) atoms. The predicted octanol–water partition coefficient (Wildman–Crippen LogP) is 4.05. The minimum Gasteiger partial charge on any atom is -0.496 e. The van der Waals surface area contributed by atoms with E-state index >= 15 is 0 Å². The molecule has 0 amide bonds. The Labute approximate surface area is 148 Å². The van der Waals surface area contributed by atoms with Gasteiger partial charge in [-0.1, -0.05) is 11.6 Å². The van der Waals surface area contributed by atoms with Crippen molar-refractivity contribution in [3.05, 3.63) is 55.9 Å². The lowest BCUT2D eigenvalue weighted by Crippen LogP contribution is -2.22. The molecule has 2 aromatic heterocycles. The monoisotopic (exact) mass is 360 g/mol. The number of methoxy groups -OCH3 is 1. The van der Waals surface area contributed by atoms with E-state index in [1.165, 1.54) is 16.9 Å². The predicted molar refractivity (Wildman–Crippen MR) is 97.6 cm³/mol. The molecule has 4 nitrogen and oxygen atoms in total. The van der Waals surface area contributed by atoms with Crippen LogP contribution in [0.15, 0.2) is 29.3 Å². The lowest BCUT2D eigenvalue weighted by atomic mass is 9.97. The highest BCUT2D eigenvalue weighted by Gasteiger charge is 2.20. The molecule has 6 heteroatoms. The van der Waals surface area contributed by atoms with Crippen molar-refractivity contribution < 1.29 is 4.74 Å². The van der Waals surface area contributed by atoms with E-state index in [0.29, 0.717) is 11.6 Å². The number of halogens is 1. The smallest absolute Gasteiger partial charge is 0.262 e. The number of aryl methyl sites for hydroxylation is 2. The average molecular weight is 361 g/mol. The molecule has 0 radical (unpaired) electrons. The summed E-state index contributed by atoms with van der Waals surface area (Å²) in [6, 6.07) is 5.44. The van der Waals surface area contributed by atoms with E-state index in [9.17, 15) is 4.79 Å². The maximum atomic E-state index is 13.0. The number of aromatic nitrogens is 2. The Hall–Kier alpha value is -1.85. The Kier molecular flexibility index (Phi) is 4.06. The largest absolute Gasteiger partial charge is 0.496 e. The molecule has 0 N–H and O–H groups in total. The first kappa shape index (κ1) is 15.7. The fourth-order valence-electron chi connectivity index (χ4n) is 3.35. The SMILES string of the molecule is COc1ccc(Cl)cc1Cn1cnc2sc3c(c2c1=O)CCCC3. The van der Waals surface area contributed by atoms with E-state index in [2.05, 4.69) is 4.98 Å². The minimum atomic E-state index is 0.0291. The molecule has 0 spiro atoms. The Balaban J connectivity index is 1.82. The van der Waals surface area contributed by atoms with Crippen molar-refractivity contribution in [2.24, 2.45) is 0 Å². The van der Waals surface area contributed by atoms with Crippen LogP contribution in [0, 0.1) is 0 Å². The highest BCUT2D eigenvalue weighted by atomic mass is 35.5. The number of ether oxygens (including phenoxy) is 1. The number of fused-ring (bicyclic) bond motifs is 3. The maximum absolute atomic E-state index is 13.0. The molecule has 0 unspecified atom stereocenters. The zero-order chi connectivity index (χ0) is 16.7. The van der Waals surface area contributed by atoms with Crippen LogP contribution in [-0.4, -0.2) is 16.7 Å². The van der Waals surface area contributed by atoms with E-state index < -0.39 is 0 Å². The van der Waals surface area contributed by atoms with Crippen LogP contribution in [0.2, 0.25) is 5.02 Å². The van der Waals surface area contributed by atoms with Gasteiger partial charge in [-0.25, -0.2) is 4.98 Å². The number of benzene rings is 1. The Morgan fingerprint density at radius 1 is 1.33 bits per heavy atom. The number of rotatable bonds is 3. The van der Waals surface area contributed by atoms with Gasteiger partial charge < -0.3 is 4.74 Å². The quantitative estimate of drug-likeness (QED) is 0.707. The molecule has 0 bridgehead atoms. The molecule has 1 aliphatic carbocycles. The van der Waals surface area contributed by atoms with Crippen LogP contribution in [0.25, 0.3) is 10.2 Å². The molecular formula is C18H17ClN2O2S. The third kappa shape index (κ3) is 2.62. The second-order valence-electron chi connectivity index (χ2n) is 6.02. The van der Waals surface area contributed by atoms with Gasteiger partial charge in [0.1, 0.15) is 10.6 Å². The molecule has 0 fully saturated rings. The van der Waals surface area contributed by atoms with E-state index in [1.54, 1.807) is 35.4 Å². The van der Waals surface area contributed by atoms with E-state index in [1.807, 2.05) is 12.1 Å². The number of hydrogen-bond donors (Lipinski definition) is 0. The van der Waals surface area contributed by atoms with Gasteiger partial charge in [-0.3, -0.25) is 9.36 Å². The summed E-state index contributed by atoms with van der Waals surface area (Å²) in [5.74, 6) is 0.721. The number of nitrogens with zero attached hydrogens (tertiary/aromatic N) is 2. The molecule has 3 aromatic rings. The van der Waals surface area contributed by atoms with Gasteiger partial charge >= 0.3 is 0 Å². The average Bonchev–Trinajstić information content (AvgIpc) is 2.97. The van der Waals surface area contributed by atoms with E-state index in [4.69, 9.17) is 16.3 Å². The Morgan fingerprint density at radius 3 is 3.00 bits per heavy atom. The lowest BCUT2D eigenvalue weighted by molar-refractivity contribution is 0.408. The van der Waals surface area contributed by atoms with Gasteiger partial charge in [-0.2, -0.15) is 0 Å². The van der Waals surface area contributed by atoms with Crippen LogP contribution >= 0.6 is 22.9 Å². The first-order valence-corrected chi connectivity index (χ1v) is 9.19. The van der Waals surface area contributed by atoms with Crippen molar-refractivity contribution in [2.75, 3.05) is 7.11 Å². The van der Waals surface area contributed by atoms with Crippen molar-refractivity contribution >= 4 is 33.2 Å². The van der Waals surface area contributed by atoms with Crippen LogP contribution in [0.4, 0.5) is 0 Å². The molecule has 124 valence electrons. The number of hydrogen-bond acceptors (Lipinski definition) is 4. The molecule has 1 aromatic carbocycles. The van der Waals surface area contributed by atoms with Gasteiger partial charge in [0.25, 0.3) is 5.56 Å². The fourth-order valence-corrected chi connectivity index (χ4v) is 4.76. The van der Waals surface area contributed by atoms with E-state index in [0.717, 1.165) is 40.8 Å². The van der Waals surface area contributed by atoms with Gasteiger partial charge in [0.15, 0.2) is 0 Å². The molecule has 4 rings (SSSR count). The van der Waals surface area contributed by atoms with Crippen molar-refractivity contribution in [1.82, 2.24) is 9.55 Å². The summed E-state index contributed by atoms with van der Waals surface area (Å²) in [7, 11) is 1.62. The van der Waals surface area contributed by atoms with Gasteiger partial charge in [0.05, 0.1) is 25.4 Å². The summed E-state index contributed by atoms with van der Waals surface area (Å²) in [6.07, 6.45) is 6.03. The summed E-state index contributed by atoms with van der Waals surface area (Å²) in [5.41, 5.74) is 2.12. The second-order valence-corrected chi connectivity index (χ2v) is 7.54. The second kappa shape index (κ2) is 6.22. The molecule has 0 atom stereocenters. The topological polar surface area (TPSA) is 44.1 Å². The summed E-state index contributed by atoms with van der Waals surface area (Å²) >= 11 is 7.76. The van der Waals surface area contributed by atoms with Crippen molar-refractivity contribution in [3.63, 3.8) is 0 Å². The molecule has 2 heterocycles. The summed E-state index contributed by atoms with van der Waals surface area (Å²) in [6.45, 7) is 0.399. The lowest BCUT2D eigenvalue weighted by Gasteiger charge is -2.12. The summed E-state index contributed by atoms with van der Waals surface area (Å²) in [4.78, 5) is 19.7. The normalized spacial score (nSPS) is 13.9. The zero-order valence-corrected chi connectivity index (χ0v) is 14.9. The van der Waals surface area contributed by atoms with Crippen LogP contribution < -0.4 is 10.3 Å². The zero-order valence-electron chi connectivity index (χ0n) is 13.3. The van der Waals surface area contributed by atoms with Gasteiger partial charge in [-0.15, -0.1) is 11.3 Å². The molecule has 0 saturated heterocycles. The fraction of sp³-hybridized carbons (Fsp3) is 0.333. The molecule has 0 saturated carbocycles. The standard InChI is InChI=1S/C18H17ClN2O2S/c1-23-14-7-6-12(19)8-11(14)9-21-10-20-17-16(18(21)22)13-4-2-3-5-15(13)24-17/h6-8,10H,2-5,9H2,1H3. The summed E-state index contributed by atoms with van der Waals surface area (Å²) < 4.78 is 7.03. The minimum absolute atomic E-state index is 0.0291. The van der Waals surface area contributed by atoms with Crippen molar-refractivity contribution in [1.29, 1.82) is 0 Å². The third-order valence-corrected chi connectivity index (χ3v) is 5.96. The van der Waals surface area contributed by atoms with Gasteiger partial charge in [0.2, 0.25) is 0 Å². The van der Waals surface area contributed by atoms with Crippen LogP contribution in [0.5, 0.6) is 5.75 Å². The van der Waals surface area contributed by atoms with Gasteiger partial charge in [-0.05, 0) is 49.4 Å². The number of thiophene rings is 1. The highest BCUT2D eigenvalue weighted by Crippen LogP contribution is 2.33. The molecular weight excluding hydrogens is 344 g/mol. The third-order valence-electron chi connectivity index (χ3n) is 4.52. The van der Waals surface area contributed by atoms with Crippen LogP contribution in [0.1, 0.15) is 28.8 Å². The maximum Gasteiger partial charge on any atom is 0.262 e. The first-order valence-electron chi connectivity index (χ1n) is 7.99. The van der Waals surface area contributed by atoms with Crippen molar-refractivity contribution in [2.45, 2.75) is 32.2 Å². The first-order chi connectivity index (χ1) is 11.7. The van der Waals surface area contributed by atoms with Gasteiger partial charge in [0, 0.05) is 15.5 Å². The molecule has 0 aliphatic heterocycles. The van der Waals surface area contributed by atoms with Crippen LogP contribution in [-0.2, 0) is 19.4 Å². The van der Waals surface area contributed by atoms with E-state index in [-0.39, 0.29) is 5.56 Å². The van der Waals surface area contributed by atoms with Crippen molar-refractivity contribution in [3.8, 4) is 5.75 Å². The van der Waals surface area contributed by atoms with Crippen LogP contribution in [0.3, 0.4) is 0 Å². The summed E-state index contributed by atoms with van der Waals surface area (Å²) in [5, 5.41) is 1.43. The Bertz CT molecular complexity index is 977. The highest BCUT2D eigenvalue weighted by molar-refractivity contribution is 7.18. The Morgan fingerprint density at radius 2 is 2.17 bits per heavy atom. The molecule has 1 aliphatic rings.